The molecule has 0 saturated carbocycles. The van der Waals surface area contributed by atoms with Crippen LogP contribution in [0.1, 0.15) is 25.8 Å². The van der Waals surface area contributed by atoms with Gasteiger partial charge in [0.05, 0.1) is 17.3 Å². The summed E-state index contributed by atoms with van der Waals surface area (Å²) < 4.78 is 0. The zero-order valence-electron chi connectivity index (χ0n) is 10.4. The Balaban J connectivity index is 2.88. The van der Waals surface area contributed by atoms with Crippen LogP contribution in [0.4, 0.5) is 5.69 Å². The third-order valence-corrected chi connectivity index (χ3v) is 3.15. The van der Waals surface area contributed by atoms with Gasteiger partial charge in [-0.15, -0.1) is 0 Å². The van der Waals surface area contributed by atoms with E-state index in [4.69, 9.17) is 22.6 Å². The van der Waals surface area contributed by atoms with Gasteiger partial charge in [-0.25, -0.2) is 0 Å². The number of anilines is 1. The first-order valence-electron chi connectivity index (χ1n) is 5.75. The molecule has 96 valence electrons. The van der Waals surface area contributed by atoms with Gasteiger partial charge in [-0.05, 0) is 24.1 Å². The SMILES string of the molecule is CCC(C)[C@H](N)C(=O)Nc1cc(Cl)ccc1C#N. The Morgan fingerprint density at radius 3 is 2.83 bits per heavy atom. The molecule has 18 heavy (non-hydrogen) atoms. The molecule has 0 heterocycles. The highest BCUT2D eigenvalue weighted by molar-refractivity contribution is 6.31. The van der Waals surface area contributed by atoms with Crippen LogP contribution in [0.2, 0.25) is 5.02 Å². The first-order valence-corrected chi connectivity index (χ1v) is 6.13. The van der Waals surface area contributed by atoms with Crippen molar-refractivity contribution in [2.45, 2.75) is 26.3 Å². The Morgan fingerprint density at radius 2 is 2.28 bits per heavy atom. The second-order valence-corrected chi connectivity index (χ2v) is 4.64. The monoisotopic (exact) mass is 265 g/mol. The largest absolute Gasteiger partial charge is 0.323 e. The van der Waals surface area contributed by atoms with E-state index in [1.54, 1.807) is 18.2 Å². The predicted octanol–water partition coefficient (Wildman–Crippen LogP) is 2.52. The van der Waals surface area contributed by atoms with Crippen LogP contribution >= 0.6 is 11.6 Å². The van der Waals surface area contributed by atoms with E-state index in [0.717, 1.165) is 6.42 Å². The van der Waals surface area contributed by atoms with E-state index in [1.165, 1.54) is 0 Å². The minimum atomic E-state index is -0.597. The highest BCUT2D eigenvalue weighted by atomic mass is 35.5. The van der Waals surface area contributed by atoms with Gasteiger partial charge in [-0.1, -0.05) is 31.9 Å². The molecule has 0 bridgehead atoms. The number of halogens is 1. The maximum atomic E-state index is 11.9. The number of amides is 1. The second kappa shape index (κ2) is 6.39. The molecule has 2 atom stereocenters. The van der Waals surface area contributed by atoms with E-state index < -0.39 is 6.04 Å². The molecule has 1 unspecified atom stereocenters. The zero-order chi connectivity index (χ0) is 13.7. The summed E-state index contributed by atoms with van der Waals surface area (Å²) in [5.74, 6) is -0.224. The number of carbonyl (C=O) groups is 1. The van der Waals surface area contributed by atoms with Gasteiger partial charge in [0, 0.05) is 5.02 Å². The minimum Gasteiger partial charge on any atom is -0.323 e. The van der Waals surface area contributed by atoms with Gasteiger partial charge in [0.1, 0.15) is 6.07 Å². The lowest BCUT2D eigenvalue weighted by Crippen LogP contribution is -2.40. The number of hydrogen-bond acceptors (Lipinski definition) is 3. The van der Waals surface area contributed by atoms with Crippen molar-refractivity contribution in [2.75, 3.05) is 5.32 Å². The molecule has 0 aliphatic carbocycles. The van der Waals surface area contributed by atoms with Crippen LogP contribution in [0, 0.1) is 17.2 Å². The Bertz CT molecular complexity index is 482. The third kappa shape index (κ3) is 3.46. The van der Waals surface area contributed by atoms with Gasteiger partial charge in [0.2, 0.25) is 5.91 Å². The molecule has 1 amide bonds. The molecule has 0 saturated heterocycles. The molecule has 4 nitrogen and oxygen atoms in total. The van der Waals surface area contributed by atoms with E-state index in [9.17, 15) is 4.79 Å². The van der Waals surface area contributed by atoms with E-state index in [0.29, 0.717) is 16.3 Å². The number of nitrogens with two attached hydrogens (primary N) is 1. The predicted molar refractivity (Wildman–Crippen MR) is 72.2 cm³/mol. The Morgan fingerprint density at radius 1 is 1.61 bits per heavy atom. The molecular weight excluding hydrogens is 250 g/mol. The third-order valence-electron chi connectivity index (χ3n) is 2.92. The maximum absolute atomic E-state index is 11.9. The number of rotatable bonds is 4. The Kier molecular flexibility index (Phi) is 5.14. The fourth-order valence-electron chi connectivity index (χ4n) is 1.45. The fourth-order valence-corrected chi connectivity index (χ4v) is 1.62. The first-order chi connectivity index (χ1) is 8.49. The molecule has 1 rings (SSSR count). The molecular formula is C13H16ClN3O. The van der Waals surface area contributed by atoms with Gasteiger partial charge in [0.25, 0.3) is 0 Å². The van der Waals surface area contributed by atoms with Crippen molar-refractivity contribution in [3.05, 3.63) is 28.8 Å². The highest BCUT2D eigenvalue weighted by Gasteiger charge is 2.20. The first kappa shape index (κ1) is 14.5. The lowest BCUT2D eigenvalue weighted by Gasteiger charge is -2.18. The van der Waals surface area contributed by atoms with Crippen molar-refractivity contribution < 1.29 is 4.79 Å². The highest BCUT2D eigenvalue weighted by Crippen LogP contribution is 2.21. The maximum Gasteiger partial charge on any atom is 0.241 e. The fraction of sp³-hybridized carbons (Fsp3) is 0.385. The van der Waals surface area contributed by atoms with Crippen molar-refractivity contribution in [2.24, 2.45) is 11.7 Å². The van der Waals surface area contributed by atoms with Crippen LogP contribution in [0.3, 0.4) is 0 Å². The number of benzene rings is 1. The standard InChI is InChI=1S/C13H16ClN3O/c1-3-8(2)12(16)13(18)17-11-6-10(14)5-4-9(11)7-15/h4-6,8,12H,3,16H2,1-2H3,(H,17,18)/t8?,12-/m0/s1. The van der Waals surface area contributed by atoms with Crippen LogP contribution in [0.25, 0.3) is 0 Å². The number of hydrogen-bond donors (Lipinski definition) is 2. The summed E-state index contributed by atoms with van der Waals surface area (Å²) in [6.07, 6.45) is 0.815. The van der Waals surface area contributed by atoms with Crippen LogP contribution < -0.4 is 11.1 Å². The van der Waals surface area contributed by atoms with Gasteiger partial charge in [-0.2, -0.15) is 5.26 Å². The van der Waals surface area contributed by atoms with E-state index in [1.807, 2.05) is 19.9 Å². The summed E-state index contributed by atoms with van der Waals surface area (Å²) in [6, 6.07) is 6.11. The van der Waals surface area contributed by atoms with Gasteiger partial charge >= 0.3 is 0 Å². The van der Waals surface area contributed by atoms with E-state index >= 15 is 0 Å². The Labute approximate surface area is 112 Å². The van der Waals surface area contributed by atoms with Crippen LogP contribution in [-0.4, -0.2) is 11.9 Å². The molecule has 0 fully saturated rings. The Hall–Kier alpha value is -1.57. The summed E-state index contributed by atoms with van der Waals surface area (Å²) in [5.41, 5.74) is 6.58. The van der Waals surface area contributed by atoms with Gasteiger partial charge < -0.3 is 11.1 Å². The van der Waals surface area contributed by atoms with Crippen LogP contribution in [-0.2, 0) is 4.79 Å². The topological polar surface area (TPSA) is 78.9 Å². The lowest BCUT2D eigenvalue weighted by atomic mass is 9.99. The van der Waals surface area contributed by atoms with Crippen molar-refractivity contribution in [1.29, 1.82) is 5.26 Å². The summed E-state index contributed by atoms with van der Waals surface area (Å²) in [4.78, 5) is 11.9. The molecule has 0 aliphatic rings. The summed E-state index contributed by atoms with van der Waals surface area (Å²) in [5, 5.41) is 12.0. The molecule has 0 spiro atoms. The minimum absolute atomic E-state index is 0.0784. The molecule has 1 aromatic rings. The van der Waals surface area contributed by atoms with Crippen molar-refractivity contribution in [3.63, 3.8) is 0 Å². The van der Waals surface area contributed by atoms with Gasteiger partial charge in [0.15, 0.2) is 0 Å². The zero-order valence-corrected chi connectivity index (χ0v) is 11.2. The number of nitriles is 1. The van der Waals surface area contributed by atoms with E-state index in [-0.39, 0.29) is 11.8 Å². The summed E-state index contributed by atoms with van der Waals surface area (Å²) >= 11 is 5.83. The quantitative estimate of drug-likeness (QED) is 0.878. The second-order valence-electron chi connectivity index (χ2n) is 4.20. The summed E-state index contributed by atoms with van der Waals surface area (Å²) in [7, 11) is 0. The van der Waals surface area contributed by atoms with Crippen LogP contribution in [0.15, 0.2) is 18.2 Å². The van der Waals surface area contributed by atoms with E-state index in [2.05, 4.69) is 5.32 Å². The van der Waals surface area contributed by atoms with Crippen molar-refractivity contribution >= 4 is 23.2 Å². The normalized spacial score (nSPS) is 13.5. The molecule has 0 radical (unpaired) electrons. The molecule has 1 aromatic carbocycles. The van der Waals surface area contributed by atoms with Gasteiger partial charge in [-0.3, -0.25) is 4.79 Å². The average Bonchev–Trinajstić information content (AvgIpc) is 2.37. The average molecular weight is 266 g/mol. The molecule has 0 aromatic heterocycles. The van der Waals surface area contributed by atoms with Crippen LogP contribution in [0.5, 0.6) is 0 Å². The molecule has 5 heteroatoms. The lowest BCUT2D eigenvalue weighted by molar-refractivity contribution is -0.118. The molecule has 3 N–H and O–H groups in total. The summed E-state index contributed by atoms with van der Waals surface area (Å²) in [6.45, 7) is 3.88. The number of nitrogens with one attached hydrogen (secondary N) is 1. The number of nitrogens with zero attached hydrogens (tertiary/aromatic N) is 1. The smallest absolute Gasteiger partial charge is 0.241 e. The van der Waals surface area contributed by atoms with Crippen molar-refractivity contribution in [1.82, 2.24) is 0 Å². The van der Waals surface area contributed by atoms with Crippen molar-refractivity contribution in [3.8, 4) is 6.07 Å². The number of carbonyl (C=O) groups excluding carboxylic acids is 1. The molecule has 0 aliphatic heterocycles.